The summed E-state index contributed by atoms with van der Waals surface area (Å²) >= 11 is 0. The fourth-order valence-corrected chi connectivity index (χ4v) is 6.22. The Labute approximate surface area is 118 Å². The Kier molecular flexibility index (Phi) is 3.92. The molecule has 2 nitrogen and oxygen atoms in total. The van der Waals surface area contributed by atoms with Crippen molar-refractivity contribution in [2.24, 2.45) is 29.1 Å². The van der Waals surface area contributed by atoms with Crippen LogP contribution >= 0.6 is 0 Å². The summed E-state index contributed by atoms with van der Waals surface area (Å²) in [4.78, 5) is 0. The summed E-state index contributed by atoms with van der Waals surface area (Å²) in [5.74, 6) is 3.89. The van der Waals surface area contributed by atoms with Gasteiger partial charge >= 0.3 is 0 Å². The molecule has 1 N–H and O–H groups in total. The minimum atomic E-state index is 0.622. The molecule has 19 heavy (non-hydrogen) atoms. The highest BCUT2D eigenvalue weighted by atomic mass is 16.5. The molecule has 0 aromatic heterocycles. The topological polar surface area (TPSA) is 21.3 Å². The van der Waals surface area contributed by atoms with Gasteiger partial charge in [0.1, 0.15) is 0 Å². The van der Waals surface area contributed by atoms with Crippen LogP contribution in [0.3, 0.4) is 0 Å². The van der Waals surface area contributed by atoms with Gasteiger partial charge in [0.05, 0.1) is 0 Å². The van der Waals surface area contributed by atoms with Crippen molar-refractivity contribution in [1.29, 1.82) is 0 Å². The fourth-order valence-electron chi connectivity index (χ4n) is 6.22. The lowest BCUT2D eigenvalue weighted by Crippen LogP contribution is -2.57. The smallest absolute Gasteiger partial charge is 0.0465 e. The summed E-state index contributed by atoms with van der Waals surface area (Å²) in [6, 6.07) is 0.705. The third kappa shape index (κ3) is 2.47. The van der Waals surface area contributed by atoms with E-state index in [0.29, 0.717) is 11.5 Å². The van der Waals surface area contributed by atoms with E-state index in [-0.39, 0.29) is 0 Å². The lowest BCUT2D eigenvalue weighted by molar-refractivity contribution is -0.0838. The van der Waals surface area contributed by atoms with Gasteiger partial charge in [-0.25, -0.2) is 0 Å². The second-order valence-corrected chi connectivity index (χ2v) is 7.81. The third-order valence-corrected chi connectivity index (χ3v) is 6.40. The molecule has 0 heterocycles. The molecular weight excluding hydrogens is 234 g/mol. The zero-order valence-corrected chi connectivity index (χ0v) is 13.0. The highest BCUT2D eigenvalue weighted by molar-refractivity contribution is 5.06. The van der Waals surface area contributed by atoms with E-state index in [1.165, 1.54) is 25.7 Å². The Balaban J connectivity index is 1.74. The first-order chi connectivity index (χ1) is 9.16. The van der Waals surface area contributed by atoms with Crippen molar-refractivity contribution < 1.29 is 4.74 Å². The summed E-state index contributed by atoms with van der Waals surface area (Å²) in [6.07, 6.45) is 10.3. The lowest BCUT2D eigenvalue weighted by Gasteiger charge is -2.60. The van der Waals surface area contributed by atoms with Crippen LogP contribution in [0.2, 0.25) is 0 Å². The Hall–Kier alpha value is -0.0800. The van der Waals surface area contributed by atoms with Crippen molar-refractivity contribution in [3.8, 4) is 0 Å². The number of methoxy groups -OCH3 is 1. The number of rotatable bonds is 6. The summed E-state index contributed by atoms with van der Waals surface area (Å²) in [5.41, 5.74) is 0.622. The van der Waals surface area contributed by atoms with Crippen LogP contribution in [-0.4, -0.2) is 26.8 Å². The highest BCUT2D eigenvalue weighted by Gasteiger charge is 2.54. The Morgan fingerprint density at radius 3 is 2.05 bits per heavy atom. The second kappa shape index (κ2) is 5.37. The Morgan fingerprint density at radius 2 is 1.63 bits per heavy atom. The molecule has 110 valence electrons. The van der Waals surface area contributed by atoms with Crippen LogP contribution < -0.4 is 5.32 Å². The van der Waals surface area contributed by atoms with Gasteiger partial charge in [-0.1, -0.05) is 6.92 Å². The van der Waals surface area contributed by atoms with Gasteiger partial charge in [-0.05, 0) is 81.1 Å². The van der Waals surface area contributed by atoms with Gasteiger partial charge in [0.2, 0.25) is 0 Å². The highest BCUT2D eigenvalue weighted by Crippen LogP contribution is 2.62. The van der Waals surface area contributed by atoms with Crippen LogP contribution in [0, 0.1) is 29.1 Å². The van der Waals surface area contributed by atoms with E-state index < -0.39 is 0 Å². The van der Waals surface area contributed by atoms with Crippen molar-refractivity contribution in [1.82, 2.24) is 5.32 Å². The normalized spacial score (nSPS) is 43.4. The third-order valence-electron chi connectivity index (χ3n) is 6.40. The van der Waals surface area contributed by atoms with Gasteiger partial charge in [0.15, 0.2) is 0 Å². The Bertz CT molecular complexity index is 279. The quantitative estimate of drug-likeness (QED) is 0.794. The van der Waals surface area contributed by atoms with E-state index in [1.807, 2.05) is 7.11 Å². The maximum atomic E-state index is 5.30. The van der Waals surface area contributed by atoms with Gasteiger partial charge in [0, 0.05) is 19.8 Å². The standard InChI is InChI=1S/C17H31NO/c1-12(4-5-19-3)16(18-2)17-9-13-6-14(10-17)8-15(7-13)11-17/h12-16,18H,4-11H2,1-3H3. The average molecular weight is 265 g/mol. The maximum Gasteiger partial charge on any atom is 0.0465 e. The molecule has 0 amide bonds. The van der Waals surface area contributed by atoms with Gasteiger partial charge in [-0.2, -0.15) is 0 Å². The molecular formula is C17H31NO. The predicted molar refractivity (Wildman–Crippen MR) is 79.1 cm³/mol. The monoisotopic (exact) mass is 265 g/mol. The molecule has 4 aliphatic rings. The largest absolute Gasteiger partial charge is 0.385 e. The van der Waals surface area contributed by atoms with Crippen molar-refractivity contribution in [3.63, 3.8) is 0 Å². The first-order valence-electron chi connectivity index (χ1n) is 8.33. The number of hydrogen-bond acceptors (Lipinski definition) is 2. The molecule has 2 atom stereocenters. The molecule has 4 rings (SSSR count). The summed E-state index contributed by atoms with van der Waals surface area (Å²) in [5, 5.41) is 3.71. The summed E-state index contributed by atoms with van der Waals surface area (Å²) < 4.78 is 5.30. The van der Waals surface area contributed by atoms with Gasteiger partial charge < -0.3 is 10.1 Å². The molecule has 4 fully saturated rings. The van der Waals surface area contributed by atoms with E-state index in [2.05, 4.69) is 19.3 Å². The van der Waals surface area contributed by atoms with Gasteiger partial charge in [0.25, 0.3) is 0 Å². The van der Waals surface area contributed by atoms with E-state index in [4.69, 9.17) is 4.74 Å². The van der Waals surface area contributed by atoms with Gasteiger partial charge in [-0.15, -0.1) is 0 Å². The van der Waals surface area contributed by atoms with Crippen LogP contribution in [0.25, 0.3) is 0 Å². The molecule has 4 saturated carbocycles. The van der Waals surface area contributed by atoms with Crippen LogP contribution in [0.5, 0.6) is 0 Å². The molecule has 0 radical (unpaired) electrons. The number of nitrogens with one attached hydrogen (secondary N) is 1. The van der Waals surface area contributed by atoms with Crippen molar-refractivity contribution >= 4 is 0 Å². The maximum absolute atomic E-state index is 5.30. The zero-order chi connectivity index (χ0) is 13.5. The molecule has 2 heteroatoms. The zero-order valence-electron chi connectivity index (χ0n) is 13.0. The van der Waals surface area contributed by atoms with Crippen LogP contribution in [0.4, 0.5) is 0 Å². The summed E-state index contributed by atoms with van der Waals surface area (Å²) in [7, 11) is 4.01. The SMILES string of the molecule is CNC(C(C)CCOC)C12CC3CC(CC(C3)C1)C2. The van der Waals surface area contributed by atoms with Gasteiger partial charge in [-0.3, -0.25) is 0 Å². The van der Waals surface area contributed by atoms with E-state index in [0.717, 1.165) is 30.3 Å². The fraction of sp³-hybridized carbons (Fsp3) is 1.00. The molecule has 0 aromatic rings. The minimum Gasteiger partial charge on any atom is -0.385 e. The Morgan fingerprint density at radius 1 is 1.11 bits per heavy atom. The number of hydrogen-bond donors (Lipinski definition) is 1. The van der Waals surface area contributed by atoms with E-state index in [1.54, 1.807) is 19.3 Å². The summed E-state index contributed by atoms with van der Waals surface area (Å²) in [6.45, 7) is 3.34. The molecule has 4 bridgehead atoms. The lowest BCUT2D eigenvalue weighted by atomic mass is 9.46. The van der Waals surface area contributed by atoms with Crippen LogP contribution in [0.15, 0.2) is 0 Å². The van der Waals surface area contributed by atoms with Crippen LogP contribution in [-0.2, 0) is 4.74 Å². The molecule has 0 aromatic carbocycles. The van der Waals surface area contributed by atoms with Crippen molar-refractivity contribution in [2.45, 2.75) is 57.9 Å². The molecule has 4 aliphatic carbocycles. The minimum absolute atomic E-state index is 0.622. The number of ether oxygens (including phenoxy) is 1. The molecule has 0 aliphatic heterocycles. The van der Waals surface area contributed by atoms with Crippen LogP contribution in [0.1, 0.15) is 51.9 Å². The second-order valence-electron chi connectivity index (χ2n) is 7.81. The first kappa shape index (κ1) is 13.9. The van der Waals surface area contributed by atoms with E-state index >= 15 is 0 Å². The van der Waals surface area contributed by atoms with Crippen molar-refractivity contribution in [2.75, 3.05) is 20.8 Å². The molecule has 0 saturated heterocycles. The van der Waals surface area contributed by atoms with E-state index in [9.17, 15) is 0 Å². The predicted octanol–water partition coefficient (Wildman–Crippen LogP) is 3.46. The first-order valence-corrected chi connectivity index (χ1v) is 8.33. The molecule has 2 unspecified atom stereocenters. The average Bonchev–Trinajstić information content (AvgIpc) is 2.35. The molecule has 0 spiro atoms. The van der Waals surface area contributed by atoms with Crippen molar-refractivity contribution in [3.05, 3.63) is 0 Å².